The van der Waals surface area contributed by atoms with Crippen LogP contribution in [-0.2, 0) is 4.74 Å². The molecule has 0 amide bonds. The fourth-order valence-electron chi connectivity index (χ4n) is 0.803. The second-order valence-electron chi connectivity index (χ2n) is 2.19. The molecule has 0 aromatic heterocycles. The monoisotopic (exact) mass is 228 g/mol. The van der Waals surface area contributed by atoms with Crippen molar-refractivity contribution in [3.05, 3.63) is 23.8 Å². The van der Waals surface area contributed by atoms with Gasteiger partial charge in [-0.25, -0.2) is 4.79 Å². The Kier molecular flexibility index (Phi) is 10.3. The van der Waals surface area contributed by atoms with Gasteiger partial charge in [0.15, 0.2) is 0 Å². The Bertz CT molecular complexity index is 308. The van der Waals surface area contributed by atoms with Crippen LogP contribution >= 0.6 is 0 Å². The highest BCUT2D eigenvalue weighted by atomic mass is 16.5. The molecule has 0 saturated heterocycles. The Morgan fingerprint density at radius 2 is 1.62 bits per heavy atom. The summed E-state index contributed by atoms with van der Waals surface area (Å²) < 4.78 is 4.38. The first-order valence-corrected chi connectivity index (χ1v) is 5.25. The van der Waals surface area contributed by atoms with Crippen molar-refractivity contribution in [2.75, 3.05) is 7.11 Å². The standard InChI is InChI=1S/C8H8O4.2C2H6/c1-12-8(11)6-3-2-5(9)4-7(6)10;2*1-2/h2-4,9-10H,1H3;2*1-2H3. The highest BCUT2D eigenvalue weighted by Crippen LogP contribution is 2.22. The van der Waals surface area contributed by atoms with Crippen molar-refractivity contribution >= 4 is 5.97 Å². The lowest BCUT2D eigenvalue weighted by Crippen LogP contribution is -2.00. The molecular formula is C12H20O4. The van der Waals surface area contributed by atoms with Gasteiger partial charge < -0.3 is 14.9 Å². The van der Waals surface area contributed by atoms with E-state index in [0.717, 1.165) is 6.07 Å². The van der Waals surface area contributed by atoms with Crippen LogP contribution in [0.5, 0.6) is 11.5 Å². The summed E-state index contributed by atoms with van der Waals surface area (Å²) in [4.78, 5) is 10.9. The number of esters is 1. The minimum Gasteiger partial charge on any atom is -0.508 e. The van der Waals surface area contributed by atoms with E-state index in [1.54, 1.807) is 0 Å². The van der Waals surface area contributed by atoms with Gasteiger partial charge in [0.05, 0.1) is 7.11 Å². The van der Waals surface area contributed by atoms with Gasteiger partial charge in [0.25, 0.3) is 0 Å². The maximum Gasteiger partial charge on any atom is 0.341 e. The van der Waals surface area contributed by atoms with Gasteiger partial charge in [-0.05, 0) is 12.1 Å². The molecule has 0 atom stereocenters. The number of rotatable bonds is 1. The minimum atomic E-state index is -0.632. The van der Waals surface area contributed by atoms with E-state index in [2.05, 4.69) is 4.74 Å². The van der Waals surface area contributed by atoms with Crippen LogP contribution in [0.25, 0.3) is 0 Å². The van der Waals surface area contributed by atoms with Crippen LogP contribution in [0.4, 0.5) is 0 Å². The molecule has 0 aliphatic carbocycles. The zero-order valence-electron chi connectivity index (χ0n) is 10.4. The first-order chi connectivity index (χ1) is 7.65. The summed E-state index contributed by atoms with van der Waals surface area (Å²) in [7, 11) is 1.22. The lowest BCUT2D eigenvalue weighted by atomic mass is 10.2. The second kappa shape index (κ2) is 9.83. The van der Waals surface area contributed by atoms with Crippen LogP contribution in [0, 0.1) is 0 Å². The van der Waals surface area contributed by atoms with E-state index in [4.69, 9.17) is 10.2 Å². The molecule has 0 fully saturated rings. The summed E-state index contributed by atoms with van der Waals surface area (Å²) in [6.07, 6.45) is 0. The molecule has 0 aliphatic rings. The van der Waals surface area contributed by atoms with Gasteiger partial charge >= 0.3 is 5.97 Å². The Hall–Kier alpha value is -1.71. The molecule has 0 bridgehead atoms. The number of ether oxygens (including phenoxy) is 1. The Balaban J connectivity index is 0. The third-order valence-electron chi connectivity index (χ3n) is 1.39. The van der Waals surface area contributed by atoms with Crippen molar-refractivity contribution in [3.63, 3.8) is 0 Å². The molecule has 0 saturated carbocycles. The van der Waals surface area contributed by atoms with Crippen LogP contribution in [0.15, 0.2) is 18.2 Å². The molecule has 0 radical (unpaired) electrons. The van der Waals surface area contributed by atoms with Crippen LogP contribution in [0.1, 0.15) is 38.1 Å². The third-order valence-corrected chi connectivity index (χ3v) is 1.39. The minimum absolute atomic E-state index is 0.0373. The summed E-state index contributed by atoms with van der Waals surface area (Å²) in [6, 6.07) is 3.66. The smallest absolute Gasteiger partial charge is 0.341 e. The van der Waals surface area contributed by atoms with Crippen molar-refractivity contribution < 1.29 is 19.7 Å². The highest BCUT2D eigenvalue weighted by Gasteiger charge is 2.10. The van der Waals surface area contributed by atoms with Gasteiger partial charge in [-0.3, -0.25) is 0 Å². The number of hydrogen-bond donors (Lipinski definition) is 2. The largest absolute Gasteiger partial charge is 0.508 e. The van der Waals surface area contributed by atoms with E-state index in [9.17, 15) is 4.79 Å². The molecular weight excluding hydrogens is 208 g/mol. The quantitative estimate of drug-likeness (QED) is 0.725. The van der Waals surface area contributed by atoms with Gasteiger partial charge in [-0.2, -0.15) is 0 Å². The number of carbonyl (C=O) groups excluding carboxylic acids is 1. The van der Waals surface area contributed by atoms with Gasteiger partial charge in [-0.1, -0.05) is 27.7 Å². The van der Waals surface area contributed by atoms with Gasteiger partial charge in [0.1, 0.15) is 17.1 Å². The topological polar surface area (TPSA) is 66.8 Å². The van der Waals surface area contributed by atoms with Crippen LogP contribution in [0.2, 0.25) is 0 Å². The average Bonchev–Trinajstić information content (AvgIpc) is 2.33. The van der Waals surface area contributed by atoms with Gasteiger partial charge in [0, 0.05) is 6.07 Å². The summed E-state index contributed by atoms with van der Waals surface area (Å²) in [5.41, 5.74) is 0.0373. The van der Waals surface area contributed by atoms with Crippen molar-refractivity contribution in [1.29, 1.82) is 0 Å². The van der Waals surface area contributed by atoms with E-state index in [-0.39, 0.29) is 17.1 Å². The Labute approximate surface area is 96.5 Å². The van der Waals surface area contributed by atoms with Crippen molar-refractivity contribution in [1.82, 2.24) is 0 Å². The molecule has 0 unspecified atom stereocenters. The number of phenolic OH excluding ortho intramolecular Hbond substituents is 2. The maximum atomic E-state index is 10.9. The zero-order chi connectivity index (χ0) is 13.1. The van der Waals surface area contributed by atoms with Crippen LogP contribution in [0.3, 0.4) is 0 Å². The average molecular weight is 228 g/mol. The van der Waals surface area contributed by atoms with Gasteiger partial charge in [-0.15, -0.1) is 0 Å². The number of carbonyl (C=O) groups is 1. The Morgan fingerprint density at radius 1 is 1.12 bits per heavy atom. The van der Waals surface area contributed by atoms with Crippen molar-refractivity contribution in [2.24, 2.45) is 0 Å². The number of methoxy groups -OCH3 is 1. The molecule has 2 N–H and O–H groups in total. The van der Waals surface area contributed by atoms with Gasteiger partial charge in [0.2, 0.25) is 0 Å². The molecule has 0 spiro atoms. The van der Waals surface area contributed by atoms with Crippen molar-refractivity contribution in [2.45, 2.75) is 27.7 Å². The highest BCUT2D eigenvalue weighted by molar-refractivity contribution is 5.92. The summed E-state index contributed by atoms with van der Waals surface area (Å²) in [6.45, 7) is 8.00. The fraction of sp³-hybridized carbons (Fsp3) is 0.417. The molecule has 1 aromatic rings. The van der Waals surface area contributed by atoms with Crippen LogP contribution in [-0.4, -0.2) is 23.3 Å². The summed E-state index contributed by atoms with van der Waals surface area (Å²) >= 11 is 0. The maximum absolute atomic E-state index is 10.9. The third kappa shape index (κ3) is 5.24. The number of aromatic hydroxyl groups is 2. The molecule has 0 heterocycles. The molecule has 4 heteroatoms. The predicted octanol–water partition coefficient (Wildman–Crippen LogP) is 2.94. The molecule has 1 aromatic carbocycles. The molecule has 4 nitrogen and oxygen atoms in total. The number of phenols is 2. The zero-order valence-corrected chi connectivity index (χ0v) is 10.4. The second-order valence-corrected chi connectivity index (χ2v) is 2.19. The first kappa shape index (κ1) is 16.7. The van der Waals surface area contributed by atoms with E-state index in [1.807, 2.05) is 27.7 Å². The molecule has 16 heavy (non-hydrogen) atoms. The lowest BCUT2D eigenvalue weighted by molar-refractivity contribution is 0.0597. The fourth-order valence-corrected chi connectivity index (χ4v) is 0.803. The SMILES string of the molecule is CC.CC.COC(=O)c1ccc(O)cc1O. The number of hydrogen-bond acceptors (Lipinski definition) is 4. The summed E-state index contributed by atoms with van der Waals surface area (Å²) in [5, 5.41) is 18.0. The van der Waals surface area contributed by atoms with E-state index < -0.39 is 5.97 Å². The van der Waals surface area contributed by atoms with E-state index >= 15 is 0 Å². The van der Waals surface area contributed by atoms with Crippen LogP contribution < -0.4 is 0 Å². The van der Waals surface area contributed by atoms with E-state index in [0.29, 0.717) is 0 Å². The Morgan fingerprint density at radius 3 is 2.00 bits per heavy atom. The normalized spacial score (nSPS) is 7.81. The lowest BCUT2D eigenvalue weighted by Gasteiger charge is -2.01. The molecule has 1 rings (SSSR count). The molecule has 0 aliphatic heterocycles. The number of benzene rings is 1. The molecule has 92 valence electrons. The predicted molar refractivity (Wildman–Crippen MR) is 63.8 cm³/mol. The first-order valence-electron chi connectivity index (χ1n) is 5.25. The van der Waals surface area contributed by atoms with Crippen molar-refractivity contribution in [3.8, 4) is 11.5 Å². The summed E-state index contributed by atoms with van der Waals surface area (Å²) in [5.74, 6) is -1.02. The van der Waals surface area contributed by atoms with E-state index in [1.165, 1.54) is 19.2 Å².